The molecule has 0 amide bonds. The van der Waals surface area contributed by atoms with Crippen LogP contribution < -0.4 is 10.2 Å². The van der Waals surface area contributed by atoms with E-state index >= 15 is 0 Å². The first-order valence-corrected chi connectivity index (χ1v) is 11.8. The molecule has 0 spiro atoms. The first-order chi connectivity index (χ1) is 14.6. The van der Waals surface area contributed by atoms with E-state index in [1.165, 1.54) is 10.5 Å². The summed E-state index contributed by atoms with van der Waals surface area (Å²) in [6, 6.07) is 12.9. The molecule has 1 aliphatic heterocycles. The van der Waals surface area contributed by atoms with Gasteiger partial charge >= 0.3 is 0 Å². The number of aromatic nitrogens is 1. The molecule has 1 saturated heterocycles. The van der Waals surface area contributed by atoms with E-state index in [4.69, 9.17) is 9.73 Å². The number of hydrogen-bond donors (Lipinski definition) is 1. The van der Waals surface area contributed by atoms with Gasteiger partial charge in [0.05, 0.1) is 19.3 Å². The third-order valence-corrected chi connectivity index (χ3v) is 5.81. The molecule has 1 aromatic heterocycles. The van der Waals surface area contributed by atoms with Crippen molar-refractivity contribution in [1.29, 1.82) is 0 Å². The van der Waals surface area contributed by atoms with Crippen LogP contribution in [0.1, 0.15) is 25.0 Å². The van der Waals surface area contributed by atoms with Gasteiger partial charge < -0.3 is 19.9 Å². The maximum atomic E-state index is 5.65. The average molecular weight is 428 g/mol. The lowest BCUT2D eigenvalue weighted by Gasteiger charge is -2.32. The number of nitrogens with zero attached hydrogens (tertiary/aromatic N) is 4. The molecular weight excluding hydrogens is 394 g/mol. The van der Waals surface area contributed by atoms with Crippen LogP contribution in [0.5, 0.6) is 0 Å². The molecule has 1 unspecified atom stereocenters. The van der Waals surface area contributed by atoms with Gasteiger partial charge in [-0.05, 0) is 55.5 Å². The maximum Gasteiger partial charge on any atom is 0.194 e. The normalized spacial score (nSPS) is 17.1. The van der Waals surface area contributed by atoms with Crippen LogP contribution in [0.15, 0.2) is 52.5 Å². The molecule has 6 nitrogen and oxygen atoms in total. The minimum atomic E-state index is 0.237. The molecule has 30 heavy (non-hydrogen) atoms. The third-order valence-electron chi connectivity index (χ3n) is 5.06. The summed E-state index contributed by atoms with van der Waals surface area (Å²) in [7, 11) is 2.08. The highest BCUT2D eigenvalue weighted by molar-refractivity contribution is 7.98. The molecule has 1 fully saturated rings. The molecule has 0 saturated carbocycles. The van der Waals surface area contributed by atoms with Crippen LogP contribution in [0.3, 0.4) is 0 Å². The molecular formula is C23H33N5OS. The average Bonchev–Trinajstić information content (AvgIpc) is 2.77. The van der Waals surface area contributed by atoms with Crippen LogP contribution in [0, 0.1) is 0 Å². The first-order valence-electron chi connectivity index (χ1n) is 10.5. The largest absolute Gasteiger partial charge is 0.375 e. The number of morpholine rings is 1. The van der Waals surface area contributed by atoms with Crippen molar-refractivity contribution >= 4 is 23.5 Å². The quantitative estimate of drug-likeness (QED) is 0.414. The van der Waals surface area contributed by atoms with Gasteiger partial charge in [0.15, 0.2) is 5.96 Å². The van der Waals surface area contributed by atoms with Crippen molar-refractivity contribution in [2.75, 3.05) is 44.4 Å². The number of pyridine rings is 1. The second kappa shape index (κ2) is 11.2. The van der Waals surface area contributed by atoms with Crippen molar-refractivity contribution in [2.45, 2.75) is 37.9 Å². The number of nitrogens with one attached hydrogen (secondary N) is 1. The molecule has 2 aromatic rings. The van der Waals surface area contributed by atoms with Gasteiger partial charge in [-0.1, -0.05) is 12.1 Å². The summed E-state index contributed by atoms with van der Waals surface area (Å²) in [6.45, 7) is 8.97. The van der Waals surface area contributed by atoms with Crippen molar-refractivity contribution in [2.24, 2.45) is 4.99 Å². The Morgan fingerprint density at radius 3 is 2.80 bits per heavy atom. The summed E-state index contributed by atoms with van der Waals surface area (Å²) in [4.78, 5) is 15.2. The highest BCUT2D eigenvalue weighted by Crippen LogP contribution is 2.18. The van der Waals surface area contributed by atoms with E-state index in [0.29, 0.717) is 6.54 Å². The number of thioether (sulfide) groups is 1. The Labute approximate surface area is 184 Å². The highest BCUT2D eigenvalue weighted by Gasteiger charge is 2.18. The smallest absolute Gasteiger partial charge is 0.194 e. The zero-order valence-electron chi connectivity index (χ0n) is 18.5. The Balaban J connectivity index is 1.66. The van der Waals surface area contributed by atoms with Crippen molar-refractivity contribution in [3.05, 3.63) is 53.7 Å². The van der Waals surface area contributed by atoms with E-state index < -0.39 is 0 Å². The zero-order chi connectivity index (χ0) is 21.3. The van der Waals surface area contributed by atoms with E-state index in [1.807, 2.05) is 12.3 Å². The second-order valence-corrected chi connectivity index (χ2v) is 8.40. The summed E-state index contributed by atoms with van der Waals surface area (Å²) in [5.41, 5.74) is 2.43. The fourth-order valence-electron chi connectivity index (χ4n) is 3.47. The van der Waals surface area contributed by atoms with Gasteiger partial charge in [0.2, 0.25) is 0 Å². The number of benzene rings is 1. The number of rotatable bonds is 7. The Morgan fingerprint density at radius 1 is 1.30 bits per heavy atom. The van der Waals surface area contributed by atoms with E-state index in [2.05, 4.69) is 77.6 Å². The molecule has 2 heterocycles. The molecule has 1 atom stereocenters. The minimum absolute atomic E-state index is 0.237. The summed E-state index contributed by atoms with van der Waals surface area (Å²) in [5, 5.41) is 3.41. The Kier molecular flexibility index (Phi) is 8.39. The minimum Gasteiger partial charge on any atom is -0.375 e. The van der Waals surface area contributed by atoms with E-state index in [0.717, 1.165) is 50.1 Å². The maximum absolute atomic E-state index is 5.65. The SMILES string of the molecule is CCNC(=NCc1ccnc(N2CCOC(C)C2)c1)N(C)Cc1ccc(SC)cc1. The van der Waals surface area contributed by atoms with Crippen LogP contribution in [-0.2, 0) is 17.8 Å². The van der Waals surface area contributed by atoms with Crippen LogP contribution in [-0.4, -0.2) is 61.5 Å². The summed E-state index contributed by atoms with van der Waals surface area (Å²) < 4.78 is 5.65. The van der Waals surface area contributed by atoms with E-state index in [1.54, 1.807) is 11.8 Å². The Bertz CT molecular complexity index is 827. The van der Waals surface area contributed by atoms with Crippen LogP contribution in [0.2, 0.25) is 0 Å². The molecule has 3 rings (SSSR count). The van der Waals surface area contributed by atoms with Crippen LogP contribution in [0.25, 0.3) is 0 Å². The summed E-state index contributed by atoms with van der Waals surface area (Å²) >= 11 is 1.76. The fraction of sp³-hybridized carbons (Fsp3) is 0.478. The molecule has 1 N–H and O–H groups in total. The third kappa shape index (κ3) is 6.37. The zero-order valence-corrected chi connectivity index (χ0v) is 19.3. The van der Waals surface area contributed by atoms with E-state index in [9.17, 15) is 0 Å². The first kappa shape index (κ1) is 22.4. The number of aliphatic imine (C=N–C) groups is 1. The van der Waals surface area contributed by atoms with Gasteiger partial charge in [0.1, 0.15) is 5.82 Å². The number of ether oxygens (including phenoxy) is 1. The fourth-order valence-corrected chi connectivity index (χ4v) is 3.88. The van der Waals surface area contributed by atoms with Crippen LogP contribution in [0.4, 0.5) is 5.82 Å². The topological polar surface area (TPSA) is 53.0 Å². The lowest BCUT2D eigenvalue weighted by atomic mass is 10.2. The van der Waals surface area contributed by atoms with E-state index in [-0.39, 0.29) is 6.10 Å². The second-order valence-electron chi connectivity index (χ2n) is 7.52. The Hall–Kier alpha value is -2.25. The lowest BCUT2D eigenvalue weighted by Crippen LogP contribution is -2.41. The van der Waals surface area contributed by atoms with Crippen LogP contribution >= 0.6 is 11.8 Å². The predicted molar refractivity (Wildman–Crippen MR) is 126 cm³/mol. The Morgan fingerprint density at radius 2 is 2.10 bits per heavy atom. The predicted octanol–water partition coefficient (Wildman–Crippen LogP) is 3.63. The lowest BCUT2D eigenvalue weighted by molar-refractivity contribution is 0.0529. The summed E-state index contributed by atoms with van der Waals surface area (Å²) in [6.07, 6.45) is 4.21. The molecule has 1 aliphatic rings. The number of hydrogen-bond acceptors (Lipinski definition) is 5. The molecule has 0 aliphatic carbocycles. The number of anilines is 1. The molecule has 1 aromatic carbocycles. The van der Waals surface area contributed by atoms with Gasteiger partial charge in [0.25, 0.3) is 0 Å². The van der Waals surface area contributed by atoms with Gasteiger partial charge in [-0.3, -0.25) is 0 Å². The molecule has 0 bridgehead atoms. The molecule has 0 radical (unpaired) electrons. The van der Waals surface area contributed by atoms with Gasteiger partial charge in [-0.2, -0.15) is 0 Å². The monoisotopic (exact) mass is 427 g/mol. The van der Waals surface area contributed by atoms with Gasteiger partial charge in [-0.15, -0.1) is 11.8 Å². The van der Waals surface area contributed by atoms with Crippen molar-refractivity contribution in [3.63, 3.8) is 0 Å². The highest BCUT2D eigenvalue weighted by atomic mass is 32.2. The van der Waals surface area contributed by atoms with Crippen molar-refractivity contribution in [3.8, 4) is 0 Å². The standard InChI is InChI=1S/C23H33N5OS/c1-5-24-23(27(3)17-19-6-8-21(30-4)9-7-19)26-15-20-10-11-25-22(14-20)28-12-13-29-18(2)16-28/h6-11,14,18H,5,12-13,15-17H2,1-4H3,(H,24,26). The van der Waals surface area contributed by atoms with Gasteiger partial charge in [0, 0.05) is 44.3 Å². The number of guanidine groups is 1. The van der Waals surface area contributed by atoms with Gasteiger partial charge in [-0.25, -0.2) is 9.98 Å². The molecule has 162 valence electrons. The summed E-state index contributed by atoms with van der Waals surface area (Å²) in [5.74, 6) is 1.91. The van der Waals surface area contributed by atoms with Crippen molar-refractivity contribution in [1.82, 2.24) is 15.2 Å². The molecule has 7 heteroatoms. The van der Waals surface area contributed by atoms with Crippen molar-refractivity contribution < 1.29 is 4.74 Å².